The van der Waals surface area contributed by atoms with Crippen molar-refractivity contribution in [2.24, 2.45) is 0 Å². The standard InChI is InChI=1S/C13H29Cl2N2O.ClH/c1-6-7-11-18-12-10-17(4,5)9-8-13(2,3)16(14)15;/h6-12H2,1-5H3;1H/q+1;/p-1. The molecule has 0 aromatic rings. The molecule has 0 aromatic heterocycles. The molecular formula is C13H29Cl3N2O. The number of quaternary nitrogens is 1. The van der Waals surface area contributed by atoms with Gasteiger partial charge < -0.3 is 21.6 Å². The number of hydrogen-bond donors (Lipinski definition) is 0. The molecule has 0 aliphatic heterocycles. The Kier molecular flexibility index (Phi) is 12.1. The average molecular weight is 336 g/mol. The van der Waals surface area contributed by atoms with Gasteiger partial charge in [0.1, 0.15) is 6.54 Å². The minimum atomic E-state index is -0.193. The molecule has 0 bridgehead atoms. The lowest BCUT2D eigenvalue weighted by molar-refractivity contribution is -0.891. The monoisotopic (exact) mass is 334 g/mol. The van der Waals surface area contributed by atoms with Gasteiger partial charge in [0.15, 0.2) is 0 Å². The molecule has 0 N–H and O–H groups in total. The zero-order valence-electron chi connectivity index (χ0n) is 12.9. The third kappa shape index (κ3) is 11.1. The highest BCUT2D eigenvalue weighted by molar-refractivity contribution is 6.34. The van der Waals surface area contributed by atoms with Crippen LogP contribution in [0.15, 0.2) is 0 Å². The van der Waals surface area contributed by atoms with Crippen molar-refractivity contribution in [3.63, 3.8) is 0 Å². The van der Waals surface area contributed by atoms with Gasteiger partial charge in [-0.05, 0) is 43.8 Å². The summed E-state index contributed by atoms with van der Waals surface area (Å²) in [4.78, 5) is 0. The molecule has 0 atom stereocenters. The fourth-order valence-electron chi connectivity index (χ4n) is 1.43. The van der Waals surface area contributed by atoms with Gasteiger partial charge in [0.25, 0.3) is 0 Å². The summed E-state index contributed by atoms with van der Waals surface area (Å²) in [5.74, 6) is 0. The highest BCUT2D eigenvalue weighted by Crippen LogP contribution is 2.24. The van der Waals surface area contributed by atoms with Crippen LogP contribution in [0.5, 0.6) is 0 Å². The van der Waals surface area contributed by atoms with Gasteiger partial charge in [0.05, 0.1) is 32.8 Å². The van der Waals surface area contributed by atoms with Crippen molar-refractivity contribution in [1.82, 2.24) is 3.94 Å². The Bertz CT molecular complexity index is 224. The Hall–Kier alpha value is 0.750. The number of likely N-dealkylation sites (N-methyl/N-ethyl adjacent to an activating group) is 1. The Morgan fingerprint density at radius 3 is 2.16 bits per heavy atom. The summed E-state index contributed by atoms with van der Waals surface area (Å²) >= 11 is 11.7. The third-order valence-electron chi connectivity index (χ3n) is 3.27. The van der Waals surface area contributed by atoms with Gasteiger partial charge in [-0.1, -0.05) is 13.3 Å². The predicted molar refractivity (Wildman–Crippen MR) is 79.8 cm³/mol. The molecule has 3 nitrogen and oxygen atoms in total. The van der Waals surface area contributed by atoms with Crippen LogP contribution in [-0.4, -0.2) is 54.4 Å². The average Bonchev–Trinajstić information content (AvgIpc) is 2.26. The lowest BCUT2D eigenvalue weighted by atomic mass is 10.0. The van der Waals surface area contributed by atoms with E-state index in [1.165, 1.54) is 10.4 Å². The lowest BCUT2D eigenvalue weighted by Crippen LogP contribution is -3.00. The number of halogens is 3. The van der Waals surface area contributed by atoms with Crippen LogP contribution in [0.4, 0.5) is 0 Å². The first-order valence-corrected chi connectivity index (χ1v) is 7.40. The number of hydrogen-bond acceptors (Lipinski definition) is 2. The Morgan fingerprint density at radius 2 is 1.68 bits per heavy atom. The molecule has 0 saturated heterocycles. The van der Waals surface area contributed by atoms with Gasteiger partial charge in [-0.3, -0.25) is 0 Å². The van der Waals surface area contributed by atoms with Crippen molar-refractivity contribution >= 4 is 23.6 Å². The SMILES string of the molecule is CCCCOCC[N+](C)(C)CCC(C)(C)N(Cl)Cl.[Cl-]. The van der Waals surface area contributed by atoms with E-state index in [9.17, 15) is 0 Å². The zero-order chi connectivity index (χ0) is 14.2. The second kappa shape index (κ2) is 10.5. The smallest absolute Gasteiger partial charge is 0.102 e. The normalized spacial score (nSPS) is 12.6. The molecule has 6 heteroatoms. The molecule has 19 heavy (non-hydrogen) atoms. The van der Waals surface area contributed by atoms with Crippen molar-refractivity contribution in [1.29, 1.82) is 0 Å². The lowest BCUT2D eigenvalue weighted by Gasteiger charge is -2.34. The van der Waals surface area contributed by atoms with Crippen LogP contribution in [0.3, 0.4) is 0 Å². The first-order valence-electron chi connectivity index (χ1n) is 6.73. The second-order valence-corrected chi connectivity index (χ2v) is 6.99. The van der Waals surface area contributed by atoms with Crippen molar-refractivity contribution < 1.29 is 21.6 Å². The maximum Gasteiger partial charge on any atom is 0.102 e. The fourth-order valence-corrected chi connectivity index (χ4v) is 1.60. The van der Waals surface area contributed by atoms with Gasteiger partial charge in [0, 0.05) is 13.0 Å². The summed E-state index contributed by atoms with van der Waals surface area (Å²) in [5.41, 5.74) is -0.193. The summed E-state index contributed by atoms with van der Waals surface area (Å²) < 4.78 is 7.79. The maximum absolute atomic E-state index is 5.83. The molecule has 0 spiro atoms. The highest BCUT2D eigenvalue weighted by Gasteiger charge is 2.28. The number of ether oxygens (including phenoxy) is 1. The number of unbranched alkanes of at least 4 members (excludes halogenated alkanes) is 1. The van der Waals surface area contributed by atoms with Crippen LogP contribution >= 0.6 is 23.6 Å². The molecule has 0 heterocycles. The van der Waals surface area contributed by atoms with Crippen LogP contribution in [-0.2, 0) is 4.74 Å². The first kappa shape index (κ1) is 22.0. The van der Waals surface area contributed by atoms with Crippen molar-refractivity contribution in [3.8, 4) is 0 Å². The highest BCUT2D eigenvalue weighted by atomic mass is 35.5. The molecule has 0 unspecified atom stereocenters. The van der Waals surface area contributed by atoms with E-state index in [1.54, 1.807) is 0 Å². The zero-order valence-corrected chi connectivity index (χ0v) is 15.2. The summed E-state index contributed by atoms with van der Waals surface area (Å²) in [5, 5.41) is 0. The molecule has 0 saturated carbocycles. The molecule has 0 aliphatic carbocycles. The van der Waals surface area contributed by atoms with Crippen molar-refractivity contribution in [2.75, 3.05) is 40.4 Å². The van der Waals surface area contributed by atoms with Gasteiger partial charge in [0.2, 0.25) is 0 Å². The minimum absolute atomic E-state index is 0. The van der Waals surface area contributed by atoms with E-state index in [2.05, 4.69) is 21.0 Å². The van der Waals surface area contributed by atoms with Gasteiger partial charge in [-0.15, -0.1) is 3.94 Å². The summed E-state index contributed by atoms with van der Waals surface area (Å²) in [6.45, 7) is 10.0. The van der Waals surface area contributed by atoms with E-state index in [0.29, 0.717) is 0 Å². The molecule has 0 aliphatic rings. The molecule has 118 valence electrons. The van der Waals surface area contributed by atoms with Gasteiger partial charge >= 0.3 is 0 Å². The van der Waals surface area contributed by atoms with E-state index in [-0.39, 0.29) is 17.9 Å². The maximum atomic E-state index is 5.83. The predicted octanol–water partition coefficient (Wildman–Crippen LogP) is 0.662. The largest absolute Gasteiger partial charge is 1.00 e. The van der Waals surface area contributed by atoms with Crippen LogP contribution < -0.4 is 12.4 Å². The Morgan fingerprint density at radius 1 is 1.11 bits per heavy atom. The van der Waals surface area contributed by atoms with E-state index in [0.717, 1.165) is 43.6 Å². The van der Waals surface area contributed by atoms with E-state index in [4.69, 9.17) is 28.3 Å². The first-order chi connectivity index (χ1) is 8.21. The number of nitrogens with zero attached hydrogens (tertiary/aromatic N) is 2. The second-order valence-electron chi connectivity index (χ2n) is 6.14. The van der Waals surface area contributed by atoms with Crippen LogP contribution in [0.1, 0.15) is 40.0 Å². The van der Waals surface area contributed by atoms with Crippen molar-refractivity contribution in [2.45, 2.75) is 45.6 Å². The summed E-state index contributed by atoms with van der Waals surface area (Å²) in [6.07, 6.45) is 3.28. The van der Waals surface area contributed by atoms with E-state index >= 15 is 0 Å². The molecule has 0 amide bonds. The van der Waals surface area contributed by atoms with Gasteiger partial charge in [-0.25, -0.2) is 0 Å². The van der Waals surface area contributed by atoms with Gasteiger partial charge in [-0.2, -0.15) is 0 Å². The number of rotatable bonds is 10. The topological polar surface area (TPSA) is 12.5 Å². The summed E-state index contributed by atoms with van der Waals surface area (Å²) in [7, 11) is 4.43. The van der Waals surface area contributed by atoms with Crippen LogP contribution in [0.2, 0.25) is 0 Å². The molecule has 0 rings (SSSR count). The quantitative estimate of drug-likeness (QED) is 0.330. The molecule has 0 aromatic carbocycles. The Labute approximate surface area is 135 Å². The van der Waals surface area contributed by atoms with E-state index < -0.39 is 0 Å². The third-order valence-corrected chi connectivity index (χ3v) is 4.18. The molecular weight excluding hydrogens is 307 g/mol. The van der Waals surface area contributed by atoms with Crippen LogP contribution in [0.25, 0.3) is 0 Å². The van der Waals surface area contributed by atoms with Crippen molar-refractivity contribution in [3.05, 3.63) is 0 Å². The minimum Gasteiger partial charge on any atom is -1.00 e. The fraction of sp³-hybridized carbons (Fsp3) is 1.00. The Balaban J connectivity index is 0. The molecule has 0 fully saturated rings. The molecule has 0 radical (unpaired) electrons. The van der Waals surface area contributed by atoms with Crippen LogP contribution in [0, 0.1) is 0 Å². The van der Waals surface area contributed by atoms with E-state index in [1.807, 2.05) is 13.8 Å². The summed E-state index contributed by atoms with van der Waals surface area (Å²) in [6, 6.07) is 0.